The molecule has 50 heavy (non-hydrogen) atoms. The number of H-pyrrole nitrogens is 1. The highest BCUT2D eigenvalue weighted by Gasteiger charge is 2.60. The first-order chi connectivity index (χ1) is 24.1. The molecule has 268 valence electrons. The van der Waals surface area contributed by atoms with Crippen LogP contribution in [-0.4, -0.2) is 60.5 Å². The molecule has 4 fully saturated rings. The molecular weight excluding hydrogens is 633 g/mol. The Morgan fingerprint density at radius 1 is 1.00 bits per heavy atom. The molecule has 8 atom stereocenters. The summed E-state index contributed by atoms with van der Waals surface area (Å²) in [7, 11) is 0. The van der Waals surface area contributed by atoms with Gasteiger partial charge in [-0.05, 0) is 128 Å². The average molecular weight is 686 g/mol. The predicted molar refractivity (Wildman–Crippen MR) is 190 cm³/mol. The third-order valence-corrected chi connectivity index (χ3v) is 13.9. The molecule has 8 nitrogen and oxygen atoms in total. The standard InChI is InChI=1S/C41H52FN3O5/c1-40-14-11-28(46)19-26(40)7-8-29-32-9-10-35(41(32,2)15-12-33(29)40)50-18-17-49-23-36(47)44-22-24-3-5-25(6-4-24)38-30-13-16-43-39(48)31-20-27(42)21-34(45-38)37(30)31/h3-6,20-21,26,28-29,32-33,35,45-46H,7-19,22-23H2,1-2H3,(H,43,48)(H,44,47)/t26-,28?,29-,32-,33-,35-,40-,41-/m0/s1. The Hall–Kier alpha value is -3.27. The molecule has 2 amide bonds. The lowest BCUT2D eigenvalue weighted by Gasteiger charge is -2.60. The van der Waals surface area contributed by atoms with Gasteiger partial charge < -0.3 is 30.2 Å². The fraction of sp³-hybridized carbons (Fsp3) is 0.610. The number of halogens is 1. The van der Waals surface area contributed by atoms with Crippen LogP contribution < -0.4 is 10.6 Å². The first-order valence-electron chi connectivity index (χ1n) is 19.0. The second-order valence-corrected chi connectivity index (χ2v) is 16.5. The zero-order valence-corrected chi connectivity index (χ0v) is 29.5. The van der Waals surface area contributed by atoms with Gasteiger partial charge in [-0.2, -0.15) is 0 Å². The number of rotatable bonds is 9. The monoisotopic (exact) mass is 685 g/mol. The number of hydrogen-bond donors (Lipinski definition) is 4. The number of aliphatic hydroxyl groups excluding tert-OH is 1. The van der Waals surface area contributed by atoms with E-state index in [1.807, 2.05) is 24.3 Å². The normalized spacial score (nSPS) is 33.2. The van der Waals surface area contributed by atoms with Crippen LogP contribution in [0.5, 0.6) is 0 Å². The number of fused-ring (bicyclic) bond motifs is 5. The van der Waals surface area contributed by atoms with E-state index in [2.05, 4.69) is 29.5 Å². The molecular formula is C41H52FN3O5. The van der Waals surface area contributed by atoms with Crippen molar-refractivity contribution in [1.29, 1.82) is 0 Å². The Labute approximate surface area is 294 Å². The molecule has 3 aromatic rings. The fourth-order valence-corrected chi connectivity index (χ4v) is 11.4. The molecule has 0 bridgehead atoms. The van der Waals surface area contributed by atoms with Crippen molar-refractivity contribution in [3.63, 3.8) is 0 Å². The third-order valence-electron chi connectivity index (χ3n) is 13.9. The van der Waals surface area contributed by atoms with E-state index in [0.717, 1.165) is 64.8 Å². The van der Waals surface area contributed by atoms with Crippen molar-refractivity contribution >= 4 is 22.7 Å². The minimum Gasteiger partial charge on any atom is -0.393 e. The SMILES string of the molecule is C[C@]12CCC(O)C[C@@H]1CC[C@@H]1[C@@H]2CC[C@]2(C)[C@@H](OCCOCC(=O)NCc3ccc(-c4[nH]c5cc(F)cc6c5c4CCNC6=O)cc3)CC[C@@H]12. The van der Waals surface area contributed by atoms with Crippen LogP contribution in [0, 0.1) is 40.3 Å². The van der Waals surface area contributed by atoms with Gasteiger partial charge in [0.2, 0.25) is 5.91 Å². The van der Waals surface area contributed by atoms with Gasteiger partial charge in [-0.25, -0.2) is 4.39 Å². The molecule has 4 N–H and O–H groups in total. The third kappa shape index (κ3) is 5.97. The number of aromatic nitrogens is 1. The molecule has 0 spiro atoms. The zero-order chi connectivity index (χ0) is 34.6. The summed E-state index contributed by atoms with van der Waals surface area (Å²) in [6.07, 6.45) is 11.4. The topological polar surface area (TPSA) is 113 Å². The molecule has 4 aliphatic carbocycles. The van der Waals surface area contributed by atoms with E-state index >= 15 is 0 Å². The Bertz CT molecular complexity index is 1760. The van der Waals surface area contributed by atoms with Crippen molar-refractivity contribution < 1.29 is 28.6 Å². The highest BCUT2D eigenvalue weighted by molar-refractivity contribution is 6.10. The second-order valence-electron chi connectivity index (χ2n) is 16.5. The fourth-order valence-electron chi connectivity index (χ4n) is 11.4. The Morgan fingerprint density at radius 2 is 1.80 bits per heavy atom. The predicted octanol–water partition coefficient (Wildman–Crippen LogP) is 6.68. The molecule has 9 heteroatoms. The van der Waals surface area contributed by atoms with Gasteiger partial charge in [-0.15, -0.1) is 0 Å². The van der Waals surface area contributed by atoms with Crippen LogP contribution in [0.15, 0.2) is 36.4 Å². The minimum atomic E-state index is -0.445. The number of nitrogens with one attached hydrogen (secondary N) is 3. The number of benzene rings is 2. The van der Waals surface area contributed by atoms with E-state index in [4.69, 9.17) is 9.47 Å². The van der Waals surface area contributed by atoms with Crippen molar-refractivity contribution in [1.82, 2.24) is 15.6 Å². The number of amides is 2. The molecule has 5 aliphatic rings. The lowest BCUT2D eigenvalue weighted by atomic mass is 9.45. The smallest absolute Gasteiger partial charge is 0.252 e. The second kappa shape index (κ2) is 13.4. The Kier molecular flexibility index (Phi) is 9.05. The van der Waals surface area contributed by atoms with Crippen LogP contribution in [0.3, 0.4) is 0 Å². The Balaban J connectivity index is 0.792. The number of carbonyl (C=O) groups is 2. The van der Waals surface area contributed by atoms with Crippen LogP contribution in [0.2, 0.25) is 0 Å². The van der Waals surface area contributed by atoms with Crippen molar-refractivity contribution in [2.75, 3.05) is 26.4 Å². The summed E-state index contributed by atoms with van der Waals surface area (Å²) in [5.74, 6) is 2.11. The molecule has 4 saturated carbocycles. The highest BCUT2D eigenvalue weighted by Crippen LogP contribution is 2.66. The summed E-state index contributed by atoms with van der Waals surface area (Å²) in [5.41, 5.74) is 5.37. The maximum Gasteiger partial charge on any atom is 0.252 e. The van der Waals surface area contributed by atoms with Crippen LogP contribution in [-0.2, 0) is 27.2 Å². The first-order valence-corrected chi connectivity index (χ1v) is 19.0. The van der Waals surface area contributed by atoms with E-state index < -0.39 is 5.82 Å². The number of ether oxygens (including phenoxy) is 2. The van der Waals surface area contributed by atoms with E-state index in [1.165, 1.54) is 50.7 Å². The summed E-state index contributed by atoms with van der Waals surface area (Å²) in [4.78, 5) is 28.4. The minimum absolute atomic E-state index is 0.00568. The zero-order valence-electron chi connectivity index (χ0n) is 29.5. The van der Waals surface area contributed by atoms with Gasteiger partial charge in [-0.1, -0.05) is 38.1 Å². The Morgan fingerprint density at radius 3 is 2.64 bits per heavy atom. The maximum atomic E-state index is 14.3. The van der Waals surface area contributed by atoms with Gasteiger partial charge in [0.1, 0.15) is 12.4 Å². The van der Waals surface area contributed by atoms with Crippen LogP contribution in [0.25, 0.3) is 22.2 Å². The van der Waals surface area contributed by atoms with E-state index in [1.54, 1.807) is 0 Å². The van der Waals surface area contributed by atoms with Crippen LogP contribution in [0.4, 0.5) is 4.39 Å². The number of aromatic amines is 1. The van der Waals surface area contributed by atoms with Gasteiger partial charge >= 0.3 is 0 Å². The molecule has 2 heterocycles. The summed E-state index contributed by atoms with van der Waals surface area (Å²) in [6, 6.07) is 10.7. The molecule has 8 rings (SSSR count). The van der Waals surface area contributed by atoms with Gasteiger partial charge in [0.15, 0.2) is 0 Å². The quantitative estimate of drug-likeness (QED) is 0.188. The van der Waals surface area contributed by atoms with Crippen molar-refractivity contribution in [3.8, 4) is 11.3 Å². The summed E-state index contributed by atoms with van der Waals surface area (Å²) < 4.78 is 26.5. The van der Waals surface area contributed by atoms with E-state index in [0.29, 0.717) is 55.1 Å². The van der Waals surface area contributed by atoms with Crippen molar-refractivity contribution in [3.05, 3.63) is 58.9 Å². The largest absolute Gasteiger partial charge is 0.393 e. The lowest BCUT2D eigenvalue weighted by Crippen LogP contribution is -2.54. The molecule has 1 aliphatic heterocycles. The maximum absolute atomic E-state index is 14.3. The van der Waals surface area contributed by atoms with Gasteiger partial charge in [0, 0.05) is 29.7 Å². The van der Waals surface area contributed by atoms with Crippen molar-refractivity contribution in [2.45, 2.75) is 96.8 Å². The first kappa shape index (κ1) is 33.9. The number of hydrogen-bond acceptors (Lipinski definition) is 5. The number of aliphatic hydroxyl groups is 1. The van der Waals surface area contributed by atoms with Crippen LogP contribution in [0.1, 0.15) is 93.1 Å². The average Bonchev–Trinajstić information content (AvgIpc) is 3.58. The van der Waals surface area contributed by atoms with Crippen LogP contribution >= 0.6 is 0 Å². The molecule has 0 radical (unpaired) electrons. The highest BCUT2D eigenvalue weighted by atomic mass is 19.1. The van der Waals surface area contributed by atoms with E-state index in [9.17, 15) is 19.1 Å². The number of carbonyl (C=O) groups excluding carboxylic acids is 2. The molecule has 2 aromatic carbocycles. The lowest BCUT2D eigenvalue weighted by molar-refractivity contribution is -0.144. The van der Waals surface area contributed by atoms with Gasteiger partial charge in [0.05, 0.1) is 31.0 Å². The van der Waals surface area contributed by atoms with Gasteiger partial charge in [-0.3, -0.25) is 9.59 Å². The van der Waals surface area contributed by atoms with E-state index in [-0.39, 0.29) is 36.0 Å². The van der Waals surface area contributed by atoms with Gasteiger partial charge in [0.25, 0.3) is 5.91 Å². The molecule has 1 aromatic heterocycles. The molecule has 1 unspecified atom stereocenters. The molecule has 0 saturated heterocycles. The van der Waals surface area contributed by atoms with Crippen molar-refractivity contribution in [2.24, 2.45) is 34.5 Å². The summed E-state index contributed by atoms with van der Waals surface area (Å²) in [5, 5.41) is 16.9. The summed E-state index contributed by atoms with van der Waals surface area (Å²) in [6.45, 7) is 6.78. The summed E-state index contributed by atoms with van der Waals surface area (Å²) >= 11 is 0.